The first-order chi connectivity index (χ1) is 10.2. The molecule has 1 heterocycles. The van der Waals surface area contributed by atoms with Gasteiger partial charge >= 0.3 is 0 Å². The number of carbonyl (C=O) groups is 1. The largest absolute Gasteiger partial charge is 0.368 e. The van der Waals surface area contributed by atoms with E-state index in [1.54, 1.807) is 24.3 Å². The van der Waals surface area contributed by atoms with Crippen molar-refractivity contribution in [1.29, 1.82) is 0 Å². The van der Waals surface area contributed by atoms with Crippen LogP contribution < -0.4 is 11.1 Å². The lowest BCUT2D eigenvalue weighted by molar-refractivity contribution is -0.126. The third-order valence-electron chi connectivity index (χ3n) is 4.22. The van der Waals surface area contributed by atoms with Crippen LogP contribution in [0.15, 0.2) is 23.6 Å². The van der Waals surface area contributed by atoms with Gasteiger partial charge in [0, 0.05) is 6.20 Å². The Labute approximate surface area is 130 Å². The van der Waals surface area contributed by atoms with Gasteiger partial charge in [-0.2, -0.15) is 0 Å². The van der Waals surface area contributed by atoms with Crippen LogP contribution in [-0.2, 0) is 4.79 Å². The molecule has 6 heteroatoms. The topological polar surface area (TPSA) is 80.9 Å². The quantitative estimate of drug-likeness (QED) is 0.567. The van der Waals surface area contributed by atoms with E-state index < -0.39 is 5.54 Å². The maximum atomic E-state index is 12.0. The number of amides is 1. The molecule has 0 bridgehead atoms. The number of thioether (sulfide) groups is 1. The molecule has 1 amide bonds. The summed E-state index contributed by atoms with van der Waals surface area (Å²) in [7, 11) is 0. The molecule has 0 aromatic carbocycles. The third-order valence-corrected chi connectivity index (χ3v) is 5.20. The Bertz CT molecular complexity index is 456. The summed E-state index contributed by atoms with van der Waals surface area (Å²) in [5.74, 6) is 1.09. The Kier molecular flexibility index (Phi) is 5.99. The van der Waals surface area contributed by atoms with Crippen molar-refractivity contribution in [3.05, 3.63) is 18.6 Å². The van der Waals surface area contributed by atoms with Gasteiger partial charge in [-0.15, -0.1) is 11.8 Å². The Morgan fingerprint density at radius 2 is 2.48 bits per heavy atom. The number of nitrogens with one attached hydrogen (secondary N) is 1. The predicted molar refractivity (Wildman–Crippen MR) is 84.9 cm³/mol. The van der Waals surface area contributed by atoms with Crippen LogP contribution in [0, 0.1) is 5.92 Å². The lowest BCUT2D eigenvalue weighted by atomic mass is 9.84. The van der Waals surface area contributed by atoms with Crippen LogP contribution in [-0.4, -0.2) is 33.7 Å². The third kappa shape index (κ3) is 3.95. The zero-order valence-electron chi connectivity index (χ0n) is 12.5. The lowest BCUT2D eigenvalue weighted by Gasteiger charge is -2.33. The smallest absolute Gasteiger partial charge is 0.238 e. The van der Waals surface area contributed by atoms with E-state index in [1.165, 1.54) is 0 Å². The van der Waals surface area contributed by atoms with Crippen LogP contribution in [0.25, 0.3) is 0 Å². The van der Waals surface area contributed by atoms with E-state index >= 15 is 0 Å². The van der Waals surface area contributed by atoms with E-state index in [-0.39, 0.29) is 5.91 Å². The average Bonchev–Trinajstić information content (AvgIpc) is 2.90. The number of rotatable bonds is 8. The van der Waals surface area contributed by atoms with Crippen molar-refractivity contribution in [2.75, 3.05) is 12.3 Å². The molecule has 0 spiro atoms. The van der Waals surface area contributed by atoms with Gasteiger partial charge in [0.2, 0.25) is 5.91 Å². The van der Waals surface area contributed by atoms with Gasteiger partial charge in [-0.25, -0.2) is 9.97 Å². The second kappa shape index (κ2) is 7.75. The molecule has 1 aromatic rings. The second-order valence-electron chi connectivity index (χ2n) is 5.54. The van der Waals surface area contributed by atoms with Gasteiger partial charge < -0.3 is 11.1 Å². The first-order valence-corrected chi connectivity index (χ1v) is 8.61. The molecule has 1 aliphatic carbocycles. The SMILES string of the molecule is CCCNC1(C(N)=O)CCCC1CCSc1ccncn1. The number of hydrogen-bond donors (Lipinski definition) is 2. The minimum atomic E-state index is -0.498. The summed E-state index contributed by atoms with van der Waals surface area (Å²) < 4.78 is 0. The molecule has 1 aliphatic rings. The van der Waals surface area contributed by atoms with Crippen LogP contribution in [0.2, 0.25) is 0 Å². The highest BCUT2D eigenvalue weighted by Gasteiger charge is 2.46. The van der Waals surface area contributed by atoms with Crippen molar-refractivity contribution in [2.45, 2.75) is 49.6 Å². The van der Waals surface area contributed by atoms with E-state index in [9.17, 15) is 4.79 Å². The zero-order valence-corrected chi connectivity index (χ0v) is 13.4. The van der Waals surface area contributed by atoms with Crippen LogP contribution >= 0.6 is 11.8 Å². The molecule has 1 fully saturated rings. The van der Waals surface area contributed by atoms with Gasteiger partial charge in [0.25, 0.3) is 0 Å². The number of primary amides is 1. The summed E-state index contributed by atoms with van der Waals surface area (Å²) in [6, 6.07) is 1.91. The van der Waals surface area contributed by atoms with Crippen LogP contribution in [0.5, 0.6) is 0 Å². The van der Waals surface area contributed by atoms with Crippen molar-refractivity contribution < 1.29 is 4.79 Å². The van der Waals surface area contributed by atoms with Gasteiger partial charge in [-0.3, -0.25) is 4.79 Å². The maximum Gasteiger partial charge on any atom is 0.238 e. The summed E-state index contributed by atoms with van der Waals surface area (Å²) >= 11 is 1.71. The van der Waals surface area contributed by atoms with Crippen molar-refractivity contribution in [2.24, 2.45) is 11.7 Å². The molecule has 116 valence electrons. The predicted octanol–water partition coefficient (Wildman–Crippen LogP) is 1.98. The molecule has 0 radical (unpaired) electrons. The Morgan fingerprint density at radius 3 is 3.14 bits per heavy atom. The minimum Gasteiger partial charge on any atom is -0.368 e. The van der Waals surface area contributed by atoms with Gasteiger partial charge in [0.15, 0.2) is 0 Å². The Balaban J connectivity index is 1.92. The molecular formula is C15H24N4OS. The average molecular weight is 308 g/mol. The standard InChI is InChI=1S/C15H24N4OS/c1-2-8-19-15(14(16)20)7-3-4-12(15)6-10-21-13-5-9-17-11-18-13/h5,9,11-12,19H,2-4,6-8,10H2,1H3,(H2,16,20). The highest BCUT2D eigenvalue weighted by atomic mass is 32.2. The summed E-state index contributed by atoms with van der Waals surface area (Å²) in [5, 5.41) is 4.41. The molecule has 5 nitrogen and oxygen atoms in total. The normalized spacial score (nSPS) is 25.1. The monoisotopic (exact) mass is 308 g/mol. The fraction of sp³-hybridized carbons (Fsp3) is 0.667. The Morgan fingerprint density at radius 1 is 1.62 bits per heavy atom. The van der Waals surface area contributed by atoms with Crippen LogP contribution in [0.1, 0.15) is 39.0 Å². The maximum absolute atomic E-state index is 12.0. The minimum absolute atomic E-state index is 0.189. The fourth-order valence-electron chi connectivity index (χ4n) is 3.13. The van der Waals surface area contributed by atoms with Gasteiger partial charge in [0.1, 0.15) is 11.9 Å². The number of carbonyl (C=O) groups excluding carboxylic acids is 1. The molecule has 2 rings (SSSR count). The zero-order chi connectivity index (χ0) is 15.1. The van der Waals surface area contributed by atoms with Crippen molar-refractivity contribution in [3.8, 4) is 0 Å². The first kappa shape index (κ1) is 16.2. The molecule has 1 saturated carbocycles. The highest BCUT2D eigenvalue weighted by Crippen LogP contribution is 2.39. The number of nitrogens with two attached hydrogens (primary N) is 1. The Hall–Kier alpha value is -1.14. The number of hydrogen-bond acceptors (Lipinski definition) is 5. The molecule has 0 saturated heterocycles. The molecule has 2 unspecified atom stereocenters. The summed E-state index contributed by atoms with van der Waals surface area (Å²) in [5.41, 5.74) is 5.22. The molecular weight excluding hydrogens is 284 g/mol. The summed E-state index contributed by atoms with van der Waals surface area (Å²) in [6.45, 7) is 2.95. The lowest BCUT2D eigenvalue weighted by Crippen LogP contribution is -2.58. The van der Waals surface area contributed by atoms with Gasteiger partial charge in [-0.05, 0) is 50.0 Å². The molecule has 3 N–H and O–H groups in total. The second-order valence-corrected chi connectivity index (χ2v) is 6.65. The van der Waals surface area contributed by atoms with Crippen LogP contribution in [0.4, 0.5) is 0 Å². The fourth-order valence-corrected chi connectivity index (χ4v) is 4.02. The van der Waals surface area contributed by atoms with Crippen molar-refractivity contribution in [1.82, 2.24) is 15.3 Å². The number of aromatic nitrogens is 2. The van der Waals surface area contributed by atoms with E-state index in [2.05, 4.69) is 22.2 Å². The molecule has 1 aromatic heterocycles. The molecule has 21 heavy (non-hydrogen) atoms. The highest BCUT2D eigenvalue weighted by molar-refractivity contribution is 7.99. The van der Waals surface area contributed by atoms with E-state index in [0.717, 1.165) is 49.4 Å². The van der Waals surface area contributed by atoms with Crippen molar-refractivity contribution >= 4 is 17.7 Å². The van der Waals surface area contributed by atoms with E-state index in [1.807, 2.05) is 6.07 Å². The summed E-state index contributed by atoms with van der Waals surface area (Å²) in [6.07, 6.45) is 8.32. The van der Waals surface area contributed by atoms with Crippen LogP contribution in [0.3, 0.4) is 0 Å². The summed E-state index contributed by atoms with van der Waals surface area (Å²) in [4.78, 5) is 20.1. The first-order valence-electron chi connectivity index (χ1n) is 7.63. The van der Waals surface area contributed by atoms with E-state index in [4.69, 9.17) is 5.73 Å². The van der Waals surface area contributed by atoms with E-state index in [0.29, 0.717) is 5.92 Å². The van der Waals surface area contributed by atoms with Gasteiger partial charge in [-0.1, -0.05) is 13.3 Å². The molecule has 0 aliphatic heterocycles. The number of nitrogens with zero attached hydrogens (tertiary/aromatic N) is 2. The molecule has 2 atom stereocenters. The van der Waals surface area contributed by atoms with Gasteiger partial charge in [0.05, 0.1) is 5.03 Å². The van der Waals surface area contributed by atoms with Crippen molar-refractivity contribution in [3.63, 3.8) is 0 Å².